The lowest BCUT2D eigenvalue weighted by Crippen LogP contribution is -2.47. The van der Waals surface area contributed by atoms with Crippen LogP contribution in [0.15, 0.2) is 34.6 Å². The zero-order chi connectivity index (χ0) is 20.1. The molecule has 8 nitrogen and oxygen atoms in total. The molecule has 1 aromatic heterocycles. The average molecular weight is 385 g/mol. The fraction of sp³-hybridized carbons (Fsp3) is 0.550. The van der Waals surface area contributed by atoms with Crippen LogP contribution in [0.4, 0.5) is 0 Å². The second kappa shape index (κ2) is 8.93. The van der Waals surface area contributed by atoms with Crippen LogP contribution in [0, 0.1) is 11.3 Å². The standard InChI is InChI=1S/C20H27N5O3/c1-22-7-5-17(6-8-22)23(2)19(26)16(14-21)15-24-9-11-25(12-10-24)20(27)18-4-3-13-28-18/h3-4,13,15,17H,5-12H2,1-2H3/b16-15-. The van der Waals surface area contributed by atoms with Crippen molar-refractivity contribution >= 4 is 11.8 Å². The first-order valence-electron chi connectivity index (χ1n) is 9.64. The number of piperidine rings is 1. The first kappa shape index (κ1) is 20.0. The van der Waals surface area contributed by atoms with Gasteiger partial charge in [-0.3, -0.25) is 9.59 Å². The van der Waals surface area contributed by atoms with Crippen molar-refractivity contribution in [2.75, 3.05) is 53.4 Å². The molecule has 2 amide bonds. The number of amides is 2. The van der Waals surface area contributed by atoms with Crippen LogP contribution < -0.4 is 0 Å². The lowest BCUT2D eigenvalue weighted by atomic mass is 10.0. The summed E-state index contributed by atoms with van der Waals surface area (Å²) in [6.07, 6.45) is 4.97. The Balaban J connectivity index is 1.56. The van der Waals surface area contributed by atoms with Crippen molar-refractivity contribution in [1.82, 2.24) is 19.6 Å². The van der Waals surface area contributed by atoms with E-state index in [9.17, 15) is 14.9 Å². The summed E-state index contributed by atoms with van der Waals surface area (Å²) in [7, 11) is 3.86. The molecule has 3 rings (SSSR count). The van der Waals surface area contributed by atoms with E-state index < -0.39 is 0 Å². The first-order valence-corrected chi connectivity index (χ1v) is 9.64. The Bertz CT molecular complexity index is 751. The maximum Gasteiger partial charge on any atom is 0.289 e. The highest BCUT2D eigenvalue weighted by Crippen LogP contribution is 2.17. The summed E-state index contributed by atoms with van der Waals surface area (Å²) in [5.41, 5.74) is 0.146. The summed E-state index contributed by atoms with van der Waals surface area (Å²) in [6, 6.07) is 5.57. The van der Waals surface area contributed by atoms with Gasteiger partial charge in [-0.15, -0.1) is 0 Å². The maximum atomic E-state index is 12.8. The third-order valence-electron chi connectivity index (χ3n) is 5.55. The molecule has 2 fully saturated rings. The molecule has 0 bridgehead atoms. The zero-order valence-corrected chi connectivity index (χ0v) is 16.5. The van der Waals surface area contributed by atoms with Crippen molar-refractivity contribution < 1.29 is 14.0 Å². The molecule has 3 heterocycles. The molecule has 28 heavy (non-hydrogen) atoms. The van der Waals surface area contributed by atoms with E-state index in [0.717, 1.165) is 25.9 Å². The predicted molar refractivity (Wildman–Crippen MR) is 103 cm³/mol. The molecule has 0 aromatic carbocycles. The number of carbonyl (C=O) groups excluding carboxylic acids is 2. The molecule has 0 aliphatic carbocycles. The third-order valence-corrected chi connectivity index (χ3v) is 5.55. The van der Waals surface area contributed by atoms with Crippen LogP contribution in [0.1, 0.15) is 23.4 Å². The fourth-order valence-corrected chi connectivity index (χ4v) is 3.66. The highest BCUT2D eigenvalue weighted by atomic mass is 16.3. The van der Waals surface area contributed by atoms with Gasteiger partial charge < -0.3 is 24.0 Å². The van der Waals surface area contributed by atoms with Gasteiger partial charge in [-0.25, -0.2) is 0 Å². The molecule has 0 saturated carbocycles. The Kier molecular flexibility index (Phi) is 6.37. The molecule has 2 aliphatic rings. The van der Waals surface area contributed by atoms with Crippen LogP contribution in [0.2, 0.25) is 0 Å². The fourth-order valence-electron chi connectivity index (χ4n) is 3.66. The lowest BCUT2D eigenvalue weighted by Gasteiger charge is -2.36. The minimum absolute atomic E-state index is 0.132. The van der Waals surface area contributed by atoms with Crippen LogP contribution in [-0.2, 0) is 4.79 Å². The van der Waals surface area contributed by atoms with Crippen molar-refractivity contribution in [3.05, 3.63) is 35.9 Å². The molecule has 0 N–H and O–H groups in total. The summed E-state index contributed by atoms with van der Waals surface area (Å²) in [4.78, 5) is 32.7. The van der Waals surface area contributed by atoms with Gasteiger partial charge >= 0.3 is 0 Å². The Labute approximate surface area is 165 Å². The molecular formula is C20H27N5O3. The van der Waals surface area contributed by atoms with Crippen LogP contribution in [0.3, 0.4) is 0 Å². The van der Waals surface area contributed by atoms with Gasteiger partial charge in [-0.05, 0) is 45.1 Å². The normalized spacial score (nSPS) is 19.4. The van der Waals surface area contributed by atoms with Gasteiger partial charge in [-0.1, -0.05) is 0 Å². The molecule has 2 saturated heterocycles. The van der Waals surface area contributed by atoms with E-state index in [1.54, 1.807) is 35.2 Å². The summed E-state index contributed by atoms with van der Waals surface area (Å²) >= 11 is 0. The summed E-state index contributed by atoms with van der Waals surface area (Å²) in [5, 5.41) is 9.50. The number of likely N-dealkylation sites (tertiary alicyclic amines) is 1. The Morgan fingerprint density at radius 1 is 1.21 bits per heavy atom. The molecule has 0 radical (unpaired) electrons. The number of nitriles is 1. The van der Waals surface area contributed by atoms with Gasteiger partial charge in [0, 0.05) is 45.5 Å². The van der Waals surface area contributed by atoms with Crippen molar-refractivity contribution in [3.63, 3.8) is 0 Å². The summed E-state index contributed by atoms with van der Waals surface area (Å²) < 4.78 is 5.17. The minimum atomic E-state index is -0.230. The number of furan rings is 1. The average Bonchev–Trinajstić information content (AvgIpc) is 3.26. The monoisotopic (exact) mass is 385 g/mol. The van der Waals surface area contributed by atoms with Gasteiger partial charge in [0.25, 0.3) is 11.8 Å². The van der Waals surface area contributed by atoms with Gasteiger partial charge in [-0.2, -0.15) is 5.26 Å². The Morgan fingerprint density at radius 2 is 1.89 bits per heavy atom. The summed E-state index contributed by atoms with van der Waals surface area (Å²) in [5.74, 6) is -0.0324. The number of hydrogen-bond acceptors (Lipinski definition) is 6. The smallest absolute Gasteiger partial charge is 0.289 e. The number of nitrogens with zero attached hydrogens (tertiary/aromatic N) is 5. The van der Waals surface area contributed by atoms with Crippen molar-refractivity contribution in [2.45, 2.75) is 18.9 Å². The molecule has 8 heteroatoms. The Morgan fingerprint density at radius 3 is 2.46 bits per heavy atom. The van der Waals surface area contributed by atoms with Gasteiger partial charge in [0.2, 0.25) is 0 Å². The van der Waals surface area contributed by atoms with E-state index >= 15 is 0 Å². The van der Waals surface area contributed by atoms with Crippen molar-refractivity contribution in [1.29, 1.82) is 5.26 Å². The second-order valence-corrected chi connectivity index (χ2v) is 7.41. The lowest BCUT2D eigenvalue weighted by molar-refractivity contribution is -0.128. The van der Waals surface area contributed by atoms with E-state index in [1.165, 1.54) is 6.26 Å². The topological polar surface area (TPSA) is 84.0 Å². The van der Waals surface area contributed by atoms with Gasteiger partial charge in [0.15, 0.2) is 5.76 Å². The van der Waals surface area contributed by atoms with E-state index in [0.29, 0.717) is 31.9 Å². The number of hydrogen-bond donors (Lipinski definition) is 0. The minimum Gasteiger partial charge on any atom is -0.459 e. The number of piperazine rings is 1. The van der Waals surface area contributed by atoms with Crippen LogP contribution in [0.25, 0.3) is 0 Å². The highest BCUT2D eigenvalue weighted by molar-refractivity contribution is 5.97. The van der Waals surface area contributed by atoms with E-state index in [-0.39, 0.29) is 23.4 Å². The van der Waals surface area contributed by atoms with Gasteiger partial charge in [0.1, 0.15) is 11.6 Å². The largest absolute Gasteiger partial charge is 0.459 e. The van der Waals surface area contributed by atoms with Crippen molar-refractivity contribution in [3.8, 4) is 6.07 Å². The van der Waals surface area contributed by atoms with E-state index in [1.807, 2.05) is 4.90 Å². The number of likely N-dealkylation sites (N-methyl/N-ethyl adjacent to an activating group) is 1. The van der Waals surface area contributed by atoms with E-state index in [4.69, 9.17) is 4.42 Å². The van der Waals surface area contributed by atoms with Crippen LogP contribution >= 0.6 is 0 Å². The molecule has 0 atom stereocenters. The predicted octanol–water partition coefficient (Wildman–Crippen LogP) is 0.997. The Hall–Kier alpha value is -2.79. The van der Waals surface area contributed by atoms with E-state index in [2.05, 4.69) is 18.0 Å². The van der Waals surface area contributed by atoms with Crippen molar-refractivity contribution in [2.24, 2.45) is 0 Å². The molecule has 0 spiro atoms. The zero-order valence-electron chi connectivity index (χ0n) is 16.5. The van der Waals surface area contributed by atoms with Crippen LogP contribution in [0.5, 0.6) is 0 Å². The molecular weight excluding hydrogens is 358 g/mol. The second-order valence-electron chi connectivity index (χ2n) is 7.41. The molecule has 150 valence electrons. The maximum absolute atomic E-state index is 12.8. The quantitative estimate of drug-likeness (QED) is 0.568. The summed E-state index contributed by atoms with van der Waals surface area (Å²) in [6.45, 7) is 4.10. The van der Waals surface area contributed by atoms with Crippen LogP contribution in [-0.4, -0.2) is 90.8 Å². The molecule has 1 aromatic rings. The highest BCUT2D eigenvalue weighted by Gasteiger charge is 2.27. The SMILES string of the molecule is CN1CCC(N(C)C(=O)/C(C#N)=C\N2CCN(C(=O)c3ccco3)CC2)CC1. The van der Waals surface area contributed by atoms with Gasteiger partial charge in [0.05, 0.1) is 6.26 Å². The molecule has 2 aliphatic heterocycles. The molecule has 0 unspecified atom stereocenters. The first-order chi connectivity index (χ1) is 13.5. The number of rotatable bonds is 4. The third kappa shape index (κ3) is 4.54. The number of carbonyl (C=O) groups is 2.